The monoisotopic (exact) mass is 310 g/mol. The number of anilines is 1. The van der Waals surface area contributed by atoms with Crippen molar-refractivity contribution in [2.45, 2.75) is 32.8 Å². The number of hydrogen-bond donors (Lipinski definition) is 2. The summed E-state index contributed by atoms with van der Waals surface area (Å²) < 4.78 is 18.9. The van der Waals surface area contributed by atoms with Crippen molar-refractivity contribution in [2.75, 3.05) is 25.0 Å². The zero-order valence-electron chi connectivity index (χ0n) is 13.0. The zero-order chi connectivity index (χ0) is 16.1. The van der Waals surface area contributed by atoms with Crippen LogP contribution in [0.2, 0.25) is 0 Å². The van der Waals surface area contributed by atoms with E-state index in [0.717, 1.165) is 12.8 Å². The molecule has 122 valence electrons. The third kappa shape index (κ3) is 4.10. The summed E-state index contributed by atoms with van der Waals surface area (Å²) in [5.41, 5.74) is 0.394. The van der Waals surface area contributed by atoms with Gasteiger partial charge in [0.15, 0.2) is 11.6 Å². The second-order valence-corrected chi connectivity index (χ2v) is 5.60. The molecule has 0 radical (unpaired) electrons. The molecule has 1 saturated heterocycles. The molecule has 2 unspecified atom stereocenters. The minimum atomic E-state index is -0.500. The third-order valence-electron chi connectivity index (χ3n) is 3.91. The van der Waals surface area contributed by atoms with Crippen molar-refractivity contribution in [3.05, 3.63) is 24.0 Å². The lowest BCUT2D eigenvalue weighted by Gasteiger charge is -2.34. The van der Waals surface area contributed by atoms with Crippen LogP contribution in [0.1, 0.15) is 26.7 Å². The van der Waals surface area contributed by atoms with Crippen molar-refractivity contribution in [3.8, 4) is 5.75 Å². The van der Waals surface area contributed by atoms with Gasteiger partial charge in [-0.25, -0.2) is 9.18 Å². The molecule has 2 N–H and O–H groups in total. The minimum Gasteiger partial charge on any atom is -0.491 e. The number of carbonyl (C=O) groups is 1. The fraction of sp³-hybridized carbons (Fsp3) is 0.562. The van der Waals surface area contributed by atoms with Gasteiger partial charge >= 0.3 is 6.03 Å². The molecule has 5 nitrogen and oxygen atoms in total. The molecular formula is C16H23FN2O3. The summed E-state index contributed by atoms with van der Waals surface area (Å²) in [6, 6.07) is 4.10. The van der Waals surface area contributed by atoms with Crippen LogP contribution >= 0.6 is 0 Å². The van der Waals surface area contributed by atoms with E-state index in [-0.39, 0.29) is 17.7 Å². The van der Waals surface area contributed by atoms with E-state index in [2.05, 4.69) is 5.32 Å². The number of amides is 2. The number of urea groups is 1. The third-order valence-corrected chi connectivity index (χ3v) is 3.91. The number of nitrogens with one attached hydrogen (secondary N) is 1. The van der Waals surface area contributed by atoms with Crippen LogP contribution in [0.25, 0.3) is 0 Å². The molecule has 2 atom stereocenters. The molecule has 0 aromatic heterocycles. The molecule has 1 aromatic rings. The molecule has 22 heavy (non-hydrogen) atoms. The summed E-state index contributed by atoms with van der Waals surface area (Å²) in [6.07, 6.45) is 1.35. The first-order valence-electron chi connectivity index (χ1n) is 7.67. The summed E-state index contributed by atoms with van der Waals surface area (Å²) in [6.45, 7) is 5.08. The molecule has 1 aliphatic rings. The maximum absolute atomic E-state index is 13.8. The number of piperidine rings is 1. The fourth-order valence-corrected chi connectivity index (χ4v) is 2.64. The van der Waals surface area contributed by atoms with Crippen LogP contribution in [0.4, 0.5) is 14.9 Å². The topological polar surface area (TPSA) is 61.8 Å². The second-order valence-electron chi connectivity index (χ2n) is 5.60. The Hall–Kier alpha value is -1.82. The van der Waals surface area contributed by atoms with Crippen molar-refractivity contribution in [3.63, 3.8) is 0 Å². The predicted octanol–water partition coefficient (Wildman–Crippen LogP) is 2.85. The SMILES string of the molecule is CCOc1ccc(NC(=O)N2CCCC(C(C)O)C2)cc1F. The number of halogens is 1. The van der Waals surface area contributed by atoms with Crippen molar-refractivity contribution >= 4 is 11.7 Å². The smallest absolute Gasteiger partial charge is 0.321 e. The Morgan fingerprint density at radius 2 is 2.36 bits per heavy atom. The average molecular weight is 310 g/mol. The number of ether oxygens (including phenoxy) is 1. The summed E-state index contributed by atoms with van der Waals surface area (Å²) in [7, 11) is 0. The van der Waals surface area contributed by atoms with Crippen LogP contribution < -0.4 is 10.1 Å². The van der Waals surface area contributed by atoms with Gasteiger partial charge in [-0.05, 0) is 38.8 Å². The van der Waals surface area contributed by atoms with E-state index in [0.29, 0.717) is 25.4 Å². The number of likely N-dealkylation sites (tertiary alicyclic amines) is 1. The summed E-state index contributed by atoms with van der Waals surface area (Å²) in [5, 5.41) is 12.4. The molecule has 0 spiro atoms. The Bertz CT molecular complexity index is 522. The molecule has 0 bridgehead atoms. The lowest BCUT2D eigenvalue weighted by atomic mass is 9.94. The average Bonchev–Trinajstić information content (AvgIpc) is 2.50. The molecule has 1 aromatic carbocycles. The molecule has 1 aliphatic heterocycles. The molecule has 1 heterocycles. The van der Waals surface area contributed by atoms with Crippen LogP contribution in [0.15, 0.2) is 18.2 Å². The maximum atomic E-state index is 13.8. The first-order chi connectivity index (χ1) is 10.5. The Morgan fingerprint density at radius 1 is 1.59 bits per heavy atom. The Balaban J connectivity index is 1.98. The van der Waals surface area contributed by atoms with Gasteiger partial charge in [-0.15, -0.1) is 0 Å². The van der Waals surface area contributed by atoms with Crippen LogP contribution in [0, 0.1) is 11.7 Å². The Morgan fingerprint density at radius 3 is 3.00 bits per heavy atom. The van der Waals surface area contributed by atoms with Gasteiger partial charge < -0.3 is 20.1 Å². The quantitative estimate of drug-likeness (QED) is 0.899. The Labute approximate surface area is 130 Å². The number of hydrogen-bond acceptors (Lipinski definition) is 3. The first-order valence-corrected chi connectivity index (χ1v) is 7.67. The molecule has 1 fully saturated rings. The summed E-state index contributed by atoms with van der Waals surface area (Å²) in [4.78, 5) is 13.9. The van der Waals surface area contributed by atoms with Crippen LogP contribution in [-0.4, -0.2) is 41.8 Å². The van der Waals surface area contributed by atoms with E-state index in [1.807, 2.05) is 0 Å². The van der Waals surface area contributed by atoms with Gasteiger partial charge in [0.05, 0.1) is 12.7 Å². The fourth-order valence-electron chi connectivity index (χ4n) is 2.64. The lowest BCUT2D eigenvalue weighted by Crippen LogP contribution is -2.44. The van der Waals surface area contributed by atoms with Gasteiger partial charge in [-0.3, -0.25) is 0 Å². The number of nitrogens with zero attached hydrogens (tertiary/aromatic N) is 1. The highest BCUT2D eigenvalue weighted by molar-refractivity contribution is 5.89. The highest BCUT2D eigenvalue weighted by Crippen LogP contribution is 2.23. The standard InChI is InChI=1S/C16H23FN2O3/c1-3-22-15-7-6-13(9-14(15)17)18-16(21)19-8-4-5-12(10-19)11(2)20/h6-7,9,11-12,20H,3-5,8,10H2,1-2H3,(H,18,21). The van der Waals surface area contributed by atoms with Crippen molar-refractivity contribution in [1.82, 2.24) is 4.90 Å². The molecule has 2 rings (SSSR count). The largest absolute Gasteiger partial charge is 0.491 e. The molecular weight excluding hydrogens is 287 g/mol. The van der Waals surface area contributed by atoms with E-state index in [9.17, 15) is 14.3 Å². The molecule has 6 heteroatoms. The van der Waals surface area contributed by atoms with Gasteiger partial charge in [0, 0.05) is 30.8 Å². The normalized spacial score (nSPS) is 19.6. The highest BCUT2D eigenvalue weighted by Gasteiger charge is 2.26. The van der Waals surface area contributed by atoms with E-state index < -0.39 is 11.9 Å². The summed E-state index contributed by atoms with van der Waals surface area (Å²) >= 11 is 0. The van der Waals surface area contributed by atoms with Crippen LogP contribution in [0.5, 0.6) is 5.75 Å². The lowest BCUT2D eigenvalue weighted by molar-refractivity contribution is 0.0766. The Kier molecular flexibility index (Phi) is 5.60. The predicted molar refractivity (Wildman–Crippen MR) is 82.6 cm³/mol. The highest BCUT2D eigenvalue weighted by atomic mass is 19.1. The van der Waals surface area contributed by atoms with E-state index in [1.54, 1.807) is 24.8 Å². The van der Waals surface area contributed by atoms with E-state index >= 15 is 0 Å². The molecule has 0 aliphatic carbocycles. The van der Waals surface area contributed by atoms with E-state index in [1.165, 1.54) is 12.1 Å². The second kappa shape index (κ2) is 7.45. The molecule has 0 saturated carbocycles. The van der Waals surface area contributed by atoms with Crippen molar-refractivity contribution in [2.24, 2.45) is 5.92 Å². The van der Waals surface area contributed by atoms with Gasteiger partial charge in [0.1, 0.15) is 0 Å². The minimum absolute atomic E-state index is 0.0940. The molecule has 2 amide bonds. The number of benzene rings is 1. The summed E-state index contributed by atoms with van der Waals surface area (Å²) in [5.74, 6) is -0.232. The zero-order valence-corrected chi connectivity index (χ0v) is 13.0. The number of aliphatic hydroxyl groups is 1. The van der Waals surface area contributed by atoms with Gasteiger partial charge in [0.2, 0.25) is 0 Å². The van der Waals surface area contributed by atoms with Gasteiger partial charge in [-0.1, -0.05) is 0 Å². The maximum Gasteiger partial charge on any atom is 0.321 e. The van der Waals surface area contributed by atoms with E-state index in [4.69, 9.17) is 4.74 Å². The number of aliphatic hydroxyl groups excluding tert-OH is 1. The van der Waals surface area contributed by atoms with Crippen LogP contribution in [0.3, 0.4) is 0 Å². The van der Waals surface area contributed by atoms with Crippen molar-refractivity contribution < 1.29 is 19.0 Å². The first kappa shape index (κ1) is 16.5. The van der Waals surface area contributed by atoms with Gasteiger partial charge in [-0.2, -0.15) is 0 Å². The van der Waals surface area contributed by atoms with Crippen molar-refractivity contribution in [1.29, 1.82) is 0 Å². The number of rotatable bonds is 4. The van der Waals surface area contributed by atoms with Gasteiger partial charge in [0.25, 0.3) is 0 Å². The van der Waals surface area contributed by atoms with Crippen LogP contribution in [-0.2, 0) is 0 Å². The number of carbonyl (C=O) groups excluding carboxylic acids is 1.